The molecule has 2 nitrogen and oxygen atoms in total. The van der Waals surface area contributed by atoms with Gasteiger partial charge in [-0.1, -0.05) is 6.92 Å². The molecule has 0 bridgehead atoms. The normalized spacial score (nSPS) is 11.9. The van der Waals surface area contributed by atoms with E-state index in [9.17, 15) is 0 Å². The van der Waals surface area contributed by atoms with E-state index in [1.165, 1.54) is 133 Å². The molecule has 0 saturated heterocycles. The van der Waals surface area contributed by atoms with Crippen molar-refractivity contribution in [2.75, 3.05) is 4.90 Å². The fourth-order valence-electron chi connectivity index (χ4n) is 8.58. The average Bonchev–Trinajstić information content (AvgIpc) is 3.31. The molecular weight excluding hydrogens is 544 g/mol. The van der Waals surface area contributed by atoms with Gasteiger partial charge in [-0.2, -0.15) is 0 Å². The molecular formula is C43H56N2. The van der Waals surface area contributed by atoms with Crippen molar-refractivity contribution in [1.29, 1.82) is 0 Å². The summed E-state index contributed by atoms with van der Waals surface area (Å²) in [5.74, 6) is 0. The minimum atomic E-state index is 1.05. The van der Waals surface area contributed by atoms with Crippen LogP contribution in [0.5, 0.6) is 0 Å². The molecule has 0 amide bonds. The van der Waals surface area contributed by atoms with E-state index in [1.54, 1.807) is 0 Å². The van der Waals surface area contributed by atoms with Gasteiger partial charge in [0.2, 0.25) is 0 Å². The Morgan fingerprint density at radius 3 is 1.11 bits per heavy atom. The number of aromatic nitrogens is 1. The minimum Gasteiger partial charge on any atom is -0.343 e. The second-order valence-electron chi connectivity index (χ2n) is 14.2. The summed E-state index contributed by atoms with van der Waals surface area (Å²) in [6.07, 6.45) is 1.05. The predicted molar refractivity (Wildman–Crippen MR) is 200 cm³/mol. The average molecular weight is 601 g/mol. The van der Waals surface area contributed by atoms with Crippen molar-refractivity contribution in [3.63, 3.8) is 0 Å². The van der Waals surface area contributed by atoms with Gasteiger partial charge in [0.15, 0.2) is 0 Å². The molecule has 5 rings (SSSR count). The van der Waals surface area contributed by atoms with E-state index >= 15 is 0 Å². The number of aryl methyl sites for hydroxylation is 4. The van der Waals surface area contributed by atoms with Gasteiger partial charge in [0, 0.05) is 17.8 Å². The molecule has 0 N–H and O–H groups in total. The molecule has 0 saturated carbocycles. The van der Waals surface area contributed by atoms with Crippen molar-refractivity contribution >= 4 is 38.9 Å². The van der Waals surface area contributed by atoms with Crippen molar-refractivity contribution < 1.29 is 0 Å². The van der Waals surface area contributed by atoms with E-state index in [0.29, 0.717) is 0 Å². The second kappa shape index (κ2) is 11.1. The summed E-state index contributed by atoms with van der Waals surface area (Å²) in [7, 11) is 2.29. The van der Waals surface area contributed by atoms with Gasteiger partial charge in [0.25, 0.3) is 0 Å². The molecule has 0 radical (unpaired) electrons. The molecule has 0 spiro atoms. The predicted octanol–water partition coefficient (Wildman–Crippen LogP) is 12.3. The van der Waals surface area contributed by atoms with E-state index in [0.717, 1.165) is 6.42 Å². The van der Waals surface area contributed by atoms with Gasteiger partial charge in [0.1, 0.15) is 0 Å². The maximum Gasteiger partial charge on any atom is 0.0594 e. The van der Waals surface area contributed by atoms with Crippen LogP contribution in [0.1, 0.15) is 102 Å². The Bertz CT molecular complexity index is 2040. The number of nitrogens with zero attached hydrogens (tertiary/aromatic N) is 2. The monoisotopic (exact) mass is 600 g/mol. The lowest BCUT2D eigenvalue weighted by Gasteiger charge is -2.37. The molecule has 0 unspecified atom stereocenters. The van der Waals surface area contributed by atoms with Crippen LogP contribution in [-0.4, -0.2) is 4.57 Å². The number of fused-ring (bicyclic) bond motifs is 3. The third-order valence-electron chi connectivity index (χ3n) is 12.6. The van der Waals surface area contributed by atoms with Gasteiger partial charge in [-0.25, -0.2) is 0 Å². The molecule has 4 aromatic carbocycles. The Balaban J connectivity index is 2.20. The molecule has 0 atom stereocenters. The highest BCUT2D eigenvalue weighted by Crippen LogP contribution is 2.53. The van der Waals surface area contributed by atoms with Crippen LogP contribution in [0.25, 0.3) is 21.8 Å². The molecule has 5 aromatic rings. The molecule has 238 valence electrons. The van der Waals surface area contributed by atoms with Crippen LogP contribution in [0.15, 0.2) is 0 Å². The van der Waals surface area contributed by atoms with E-state index in [-0.39, 0.29) is 0 Å². The SMILES string of the molecule is CCc1c(C)c(C)c(N(c2c(C)c(C)c(C)c(C)c2C)c2c(C)c(C)c(C)c3c2c2c(C)c(C)c(C)c(C)c2n3C)c(C)c1C. The number of rotatable bonds is 4. The van der Waals surface area contributed by atoms with Crippen molar-refractivity contribution in [2.45, 2.75) is 124 Å². The lowest BCUT2D eigenvalue weighted by molar-refractivity contribution is 0.994. The van der Waals surface area contributed by atoms with Crippen LogP contribution < -0.4 is 4.90 Å². The fraction of sp³-hybridized carbons (Fsp3) is 0.442. The van der Waals surface area contributed by atoms with Crippen LogP contribution in [0.4, 0.5) is 17.1 Å². The zero-order valence-electron chi connectivity index (χ0n) is 31.6. The van der Waals surface area contributed by atoms with Crippen LogP contribution in [0.3, 0.4) is 0 Å². The molecule has 0 aliphatic heterocycles. The topological polar surface area (TPSA) is 8.17 Å². The molecule has 0 fully saturated rings. The highest BCUT2D eigenvalue weighted by atomic mass is 15.2. The molecule has 1 aromatic heterocycles. The first-order valence-corrected chi connectivity index (χ1v) is 16.9. The van der Waals surface area contributed by atoms with Crippen molar-refractivity contribution in [2.24, 2.45) is 7.05 Å². The summed E-state index contributed by atoms with van der Waals surface area (Å²) in [5, 5.41) is 2.80. The van der Waals surface area contributed by atoms with E-state index in [2.05, 4.69) is 134 Å². The summed E-state index contributed by atoms with van der Waals surface area (Å²) in [6, 6.07) is 0. The summed E-state index contributed by atoms with van der Waals surface area (Å²) in [6.45, 7) is 39.6. The van der Waals surface area contributed by atoms with Crippen LogP contribution in [0.2, 0.25) is 0 Å². The Kier molecular flexibility index (Phi) is 8.09. The largest absolute Gasteiger partial charge is 0.343 e. The van der Waals surface area contributed by atoms with E-state index < -0.39 is 0 Å². The lowest BCUT2D eigenvalue weighted by atomic mass is 9.86. The third-order valence-corrected chi connectivity index (χ3v) is 12.6. The van der Waals surface area contributed by atoms with Gasteiger partial charge in [0.05, 0.1) is 28.1 Å². The number of benzene rings is 4. The second-order valence-corrected chi connectivity index (χ2v) is 14.2. The van der Waals surface area contributed by atoms with E-state index in [4.69, 9.17) is 0 Å². The molecule has 2 heteroatoms. The quantitative estimate of drug-likeness (QED) is 0.199. The first-order valence-electron chi connectivity index (χ1n) is 16.9. The van der Waals surface area contributed by atoms with Gasteiger partial charge >= 0.3 is 0 Å². The molecule has 1 heterocycles. The Morgan fingerprint density at radius 2 is 0.667 bits per heavy atom. The zero-order valence-corrected chi connectivity index (χ0v) is 31.6. The zero-order chi connectivity index (χ0) is 33.7. The fourth-order valence-corrected chi connectivity index (χ4v) is 8.58. The summed E-state index contributed by atoms with van der Waals surface area (Å²) >= 11 is 0. The van der Waals surface area contributed by atoms with Crippen LogP contribution in [0, 0.1) is 111 Å². The third kappa shape index (κ3) is 4.27. The number of hydrogen-bond acceptors (Lipinski definition) is 1. The number of anilines is 3. The van der Waals surface area contributed by atoms with Crippen molar-refractivity contribution in [3.8, 4) is 0 Å². The first kappa shape index (κ1) is 32.9. The Hall–Kier alpha value is -3.52. The summed E-state index contributed by atoms with van der Waals surface area (Å²) in [5.41, 5.74) is 30.5. The molecule has 0 aliphatic rings. The van der Waals surface area contributed by atoms with Crippen molar-refractivity contribution in [1.82, 2.24) is 4.57 Å². The maximum atomic E-state index is 2.72. The molecule has 45 heavy (non-hydrogen) atoms. The van der Waals surface area contributed by atoms with Crippen LogP contribution >= 0.6 is 0 Å². The minimum absolute atomic E-state index is 1.05. The van der Waals surface area contributed by atoms with Crippen molar-refractivity contribution in [3.05, 3.63) is 94.6 Å². The van der Waals surface area contributed by atoms with Gasteiger partial charge in [-0.15, -0.1) is 0 Å². The highest BCUT2D eigenvalue weighted by Gasteiger charge is 2.32. The standard InChI is InChI=1S/C43H56N2/c1-19-36-26(8)34(16)40(35(17)27(36)9)45(39-29(11)22(4)20(2)23(5)30(39)12)43-33(15)25(7)32(14)42-38(43)37-28(10)21(3)24(6)31(13)41(37)44(42)18/h19H2,1-18H3. The summed E-state index contributed by atoms with van der Waals surface area (Å²) in [4.78, 5) is 2.72. The smallest absolute Gasteiger partial charge is 0.0594 e. The Labute approximate surface area is 273 Å². The Morgan fingerprint density at radius 1 is 0.356 bits per heavy atom. The van der Waals surface area contributed by atoms with Gasteiger partial charge in [-0.3, -0.25) is 0 Å². The molecule has 0 aliphatic carbocycles. The van der Waals surface area contributed by atoms with E-state index in [1.807, 2.05) is 0 Å². The summed E-state index contributed by atoms with van der Waals surface area (Å²) < 4.78 is 2.50. The highest BCUT2D eigenvalue weighted by molar-refractivity contribution is 6.20. The first-order chi connectivity index (χ1) is 20.9. The number of hydrogen-bond donors (Lipinski definition) is 0. The maximum absolute atomic E-state index is 2.72. The lowest BCUT2D eigenvalue weighted by Crippen LogP contribution is -2.20. The van der Waals surface area contributed by atoms with Gasteiger partial charge in [-0.05, 0) is 212 Å². The van der Waals surface area contributed by atoms with Crippen LogP contribution in [-0.2, 0) is 13.5 Å². The van der Waals surface area contributed by atoms with Gasteiger partial charge < -0.3 is 9.47 Å².